The number of hydrogen-bond donors (Lipinski definition) is 2. The predicted octanol–water partition coefficient (Wildman–Crippen LogP) is 1.61. The van der Waals surface area contributed by atoms with Crippen molar-refractivity contribution in [2.24, 2.45) is 11.8 Å². The van der Waals surface area contributed by atoms with Gasteiger partial charge in [-0.05, 0) is 39.0 Å². The molecule has 21 heavy (non-hydrogen) atoms. The zero-order valence-electron chi connectivity index (χ0n) is 13.4. The van der Waals surface area contributed by atoms with Crippen molar-refractivity contribution in [3.05, 3.63) is 0 Å². The molecular formula is C16H28N2O3. The molecule has 1 saturated carbocycles. The Morgan fingerprint density at radius 2 is 1.95 bits per heavy atom. The predicted molar refractivity (Wildman–Crippen MR) is 80.7 cm³/mol. The second-order valence-corrected chi connectivity index (χ2v) is 6.74. The van der Waals surface area contributed by atoms with Crippen LogP contribution in [0, 0.1) is 11.8 Å². The number of amides is 1. The van der Waals surface area contributed by atoms with Crippen molar-refractivity contribution in [3.63, 3.8) is 0 Å². The van der Waals surface area contributed by atoms with Gasteiger partial charge in [-0.1, -0.05) is 19.8 Å². The molecule has 4 atom stereocenters. The van der Waals surface area contributed by atoms with E-state index in [0.717, 1.165) is 6.42 Å². The van der Waals surface area contributed by atoms with Gasteiger partial charge in [0.2, 0.25) is 5.91 Å². The summed E-state index contributed by atoms with van der Waals surface area (Å²) < 4.78 is 5.14. The van der Waals surface area contributed by atoms with Crippen molar-refractivity contribution < 1.29 is 14.3 Å². The van der Waals surface area contributed by atoms with Gasteiger partial charge in [0.05, 0.1) is 18.1 Å². The van der Waals surface area contributed by atoms with Crippen molar-refractivity contribution in [3.8, 4) is 0 Å². The Bertz CT molecular complexity index is 370. The first-order chi connectivity index (χ1) is 9.97. The van der Waals surface area contributed by atoms with Gasteiger partial charge in [0.1, 0.15) is 0 Å². The van der Waals surface area contributed by atoms with Crippen molar-refractivity contribution in [1.29, 1.82) is 0 Å². The first-order valence-corrected chi connectivity index (χ1v) is 8.21. The molecule has 0 aromatic heterocycles. The molecule has 5 heteroatoms. The monoisotopic (exact) mass is 296 g/mol. The van der Waals surface area contributed by atoms with Crippen LogP contribution in [0.1, 0.15) is 52.9 Å². The molecular weight excluding hydrogens is 268 g/mol. The fourth-order valence-electron chi connectivity index (χ4n) is 3.33. The molecule has 1 aliphatic heterocycles. The quantitative estimate of drug-likeness (QED) is 0.756. The number of ether oxygens (including phenoxy) is 1. The first kappa shape index (κ1) is 16.3. The molecule has 0 radical (unpaired) electrons. The maximum atomic E-state index is 12.2. The largest absolute Gasteiger partial charge is 0.463 e. The Morgan fingerprint density at radius 1 is 1.24 bits per heavy atom. The SMILES string of the molecule is CC(C)OC(=O)C(C)CNC(=O)C1CC2CCCCC2N1. The van der Waals surface area contributed by atoms with E-state index in [2.05, 4.69) is 10.6 Å². The lowest BCUT2D eigenvalue weighted by Crippen LogP contribution is -2.45. The number of esters is 1. The fraction of sp³-hybridized carbons (Fsp3) is 0.875. The van der Waals surface area contributed by atoms with Crippen molar-refractivity contribution in [2.45, 2.75) is 71.1 Å². The van der Waals surface area contributed by atoms with E-state index >= 15 is 0 Å². The fourth-order valence-corrected chi connectivity index (χ4v) is 3.33. The molecule has 4 unspecified atom stereocenters. The molecule has 0 spiro atoms. The third kappa shape index (κ3) is 4.43. The van der Waals surface area contributed by atoms with Crippen LogP contribution < -0.4 is 10.6 Å². The smallest absolute Gasteiger partial charge is 0.310 e. The Hall–Kier alpha value is -1.10. The van der Waals surface area contributed by atoms with Crippen LogP contribution >= 0.6 is 0 Å². The highest BCUT2D eigenvalue weighted by molar-refractivity contribution is 5.83. The molecule has 0 aromatic rings. The van der Waals surface area contributed by atoms with E-state index in [4.69, 9.17) is 4.74 Å². The number of rotatable bonds is 5. The molecule has 2 aliphatic rings. The van der Waals surface area contributed by atoms with Crippen LogP contribution in [0.2, 0.25) is 0 Å². The van der Waals surface area contributed by atoms with Gasteiger partial charge >= 0.3 is 5.97 Å². The van der Waals surface area contributed by atoms with E-state index in [1.54, 1.807) is 6.92 Å². The maximum Gasteiger partial charge on any atom is 0.310 e. The van der Waals surface area contributed by atoms with Crippen LogP contribution in [-0.2, 0) is 14.3 Å². The minimum atomic E-state index is -0.306. The lowest BCUT2D eigenvalue weighted by molar-refractivity contribution is -0.151. The Balaban J connectivity index is 1.73. The summed E-state index contributed by atoms with van der Waals surface area (Å²) in [4.78, 5) is 23.9. The molecule has 1 saturated heterocycles. The van der Waals surface area contributed by atoms with Crippen molar-refractivity contribution >= 4 is 11.9 Å². The summed E-state index contributed by atoms with van der Waals surface area (Å²) in [6, 6.07) is 0.421. The summed E-state index contributed by atoms with van der Waals surface area (Å²) in [6.45, 7) is 5.78. The molecule has 2 rings (SSSR count). The van der Waals surface area contributed by atoms with E-state index < -0.39 is 0 Å². The number of carbonyl (C=O) groups excluding carboxylic acids is 2. The lowest BCUT2D eigenvalue weighted by atomic mass is 9.85. The Morgan fingerprint density at radius 3 is 2.62 bits per heavy atom. The topological polar surface area (TPSA) is 67.4 Å². The average Bonchev–Trinajstić information content (AvgIpc) is 2.87. The molecule has 2 fully saturated rings. The number of fused-ring (bicyclic) bond motifs is 1. The summed E-state index contributed by atoms with van der Waals surface area (Å²) in [5.41, 5.74) is 0. The van der Waals surface area contributed by atoms with Crippen LogP contribution in [0.4, 0.5) is 0 Å². The van der Waals surface area contributed by atoms with Gasteiger partial charge in [0.15, 0.2) is 0 Å². The van der Waals surface area contributed by atoms with Gasteiger partial charge in [-0.15, -0.1) is 0 Å². The molecule has 1 amide bonds. The highest BCUT2D eigenvalue weighted by atomic mass is 16.5. The summed E-state index contributed by atoms with van der Waals surface area (Å²) in [5, 5.41) is 6.34. The molecule has 0 bridgehead atoms. The van der Waals surface area contributed by atoms with Crippen LogP contribution in [0.3, 0.4) is 0 Å². The molecule has 5 nitrogen and oxygen atoms in total. The van der Waals surface area contributed by atoms with Crippen molar-refractivity contribution in [2.75, 3.05) is 6.54 Å². The Labute approximate surface area is 127 Å². The average molecular weight is 296 g/mol. The van der Waals surface area contributed by atoms with Gasteiger partial charge in [0.25, 0.3) is 0 Å². The standard InChI is InChI=1S/C16H28N2O3/c1-10(2)21-16(20)11(3)9-17-15(19)14-8-12-6-4-5-7-13(12)18-14/h10-14,18H,4-9H2,1-3H3,(H,17,19). The van der Waals surface area contributed by atoms with Crippen molar-refractivity contribution in [1.82, 2.24) is 10.6 Å². The van der Waals surface area contributed by atoms with E-state index in [-0.39, 0.29) is 29.9 Å². The molecule has 1 aliphatic carbocycles. The van der Waals surface area contributed by atoms with Crippen LogP contribution in [0.25, 0.3) is 0 Å². The minimum Gasteiger partial charge on any atom is -0.463 e. The van der Waals surface area contributed by atoms with Gasteiger partial charge in [-0.25, -0.2) is 0 Å². The highest BCUT2D eigenvalue weighted by Gasteiger charge is 2.38. The second kappa shape index (κ2) is 7.25. The first-order valence-electron chi connectivity index (χ1n) is 8.21. The molecule has 1 heterocycles. The van der Waals surface area contributed by atoms with Crippen LogP contribution in [-0.4, -0.2) is 36.6 Å². The van der Waals surface area contributed by atoms with Gasteiger partial charge in [0, 0.05) is 12.6 Å². The zero-order valence-corrected chi connectivity index (χ0v) is 13.4. The lowest BCUT2D eigenvalue weighted by Gasteiger charge is -2.24. The van der Waals surface area contributed by atoms with E-state index in [1.165, 1.54) is 25.7 Å². The summed E-state index contributed by atoms with van der Waals surface area (Å²) in [5.74, 6) is 0.116. The van der Waals surface area contributed by atoms with E-state index in [1.807, 2.05) is 13.8 Å². The third-order valence-electron chi connectivity index (χ3n) is 4.52. The van der Waals surface area contributed by atoms with Gasteiger partial charge < -0.3 is 15.4 Å². The number of hydrogen-bond acceptors (Lipinski definition) is 4. The van der Waals surface area contributed by atoms with E-state index in [9.17, 15) is 9.59 Å². The summed E-state index contributed by atoms with van der Waals surface area (Å²) >= 11 is 0. The highest BCUT2D eigenvalue weighted by Crippen LogP contribution is 2.33. The Kier molecular flexibility index (Phi) is 5.62. The van der Waals surface area contributed by atoms with E-state index in [0.29, 0.717) is 18.5 Å². The third-order valence-corrected chi connectivity index (χ3v) is 4.52. The van der Waals surface area contributed by atoms with Gasteiger partial charge in [-0.3, -0.25) is 9.59 Å². The minimum absolute atomic E-state index is 0.0218. The van der Waals surface area contributed by atoms with Crippen LogP contribution in [0.5, 0.6) is 0 Å². The summed E-state index contributed by atoms with van der Waals surface area (Å²) in [6.07, 6.45) is 5.79. The van der Waals surface area contributed by atoms with Crippen LogP contribution in [0.15, 0.2) is 0 Å². The maximum absolute atomic E-state index is 12.2. The second-order valence-electron chi connectivity index (χ2n) is 6.74. The normalized spacial score (nSPS) is 29.8. The number of nitrogens with one attached hydrogen (secondary N) is 2. The summed E-state index contributed by atoms with van der Waals surface area (Å²) in [7, 11) is 0. The molecule has 0 aromatic carbocycles. The number of carbonyl (C=O) groups is 2. The van der Waals surface area contributed by atoms with Gasteiger partial charge in [-0.2, -0.15) is 0 Å². The molecule has 2 N–H and O–H groups in total. The zero-order chi connectivity index (χ0) is 15.4. The molecule has 120 valence electrons.